The summed E-state index contributed by atoms with van der Waals surface area (Å²) in [6.45, 7) is 0. The molecular formula is C8H7N3O. The number of aromatic nitrogens is 2. The Balaban J connectivity index is 2.43. The van der Waals surface area contributed by atoms with Crippen molar-refractivity contribution in [1.29, 1.82) is 0 Å². The van der Waals surface area contributed by atoms with Crippen molar-refractivity contribution in [3.05, 3.63) is 30.7 Å². The molecule has 0 aliphatic carbocycles. The number of anilines is 1. The van der Waals surface area contributed by atoms with Gasteiger partial charge in [-0.1, -0.05) is 0 Å². The van der Waals surface area contributed by atoms with Gasteiger partial charge in [0.25, 0.3) is 0 Å². The number of hydrogen-bond donors (Lipinski definition) is 1. The first-order chi connectivity index (χ1) is 5.86. The molecule has 2 aromatic rings. The van der Waals surface area contributed by atoms with Crippen LogP contribution in [0.1, 0.15) is 0 Å². The first kappa shape index (κ1) is 6.84. The Labute approximate surface area is 69.0 Å². The minimum absolute atomic E-state index is 0.419. The minimum Gasteiger partial charge on any atom is -0.472 e. The van der Waals surface area contributed by atoms with Gasteiger partial charge in [-0.25, -0.2) is 0 Å². The van der Waals surface area contributed by atoms with Gasteiger partial charge in [0, 0.05) is 5.56 Å². The van der Waals surface area contributed by atoms with Crippen molar-refractivity contribution in [2.24, 2.45) is 0 Å². The van der Waals surface area contributed by atoms with Crippen LogP contribution in [0, 0.1) is 0 Å². The highest BCUT2D eigenvalue weighted by molar-refractivity contribution is 5.57. The van der Waals surface area contributed by atoms with E-state index in [2.05, 4.69) is 10.2 Å². The van der Waals surface area contributed by atoms with Gasteiger partial charge in [-0.3, -0.25) is 0 Å². The van der Waals surface area contributed by atoms with Crippen molar-refractivity contribution in [2.45, 2.75) is 0 Å². The quantitative estimate of drug-likeness (QED) is 0.685. The Morgan fingerprint density at radius 2 is 2.08 bits per heavy atom. The normalized spacial score (nSPS) is 10.0. The van der Waals surface area contributed by atoms with Crippen molar-refractivity contribution in [2.75, 3.05) is 5.73 Å². The Morgan fingerprint density at radius 1 is 1.17 bits per heavy atom. The predicted molar refractivity (Wildman–Crippen MR) is 44.1 cm³/mol. The van der Waals surface area contributed by atoms with Crippen LogP contribution < -0.4 is 5.73 Å². The van der Waals surface area contributed by atoms with E-state index in [1.54, 1.807) is 24.7 Å². The molecule has 0 saturated heterocycles. The summed E-state index contributed by atoms with van der Waals surface area (Å²) in [5.74, 6) is 0.419. The van der Waals surface area contributed by atoms with Gasteiger partial charge >= 0.3 is 0 Å². The molecule has 0 atom stereocenters. The van der Waals surface area contributed by atoms with Crippen LogP contribution in [-0.4, -0.2) is 10.2 Å². The Kier molecular flexibility index (Phi) is 1.51. The average Bonchev–Trinajstić information content (AvgIpc) is 2.58. The molecule has 0 fully saturated rings. The van der Waals surface area contributed by atoms with Crippen molar-refractivity contribution < 1.29 is 4.42 Å². The molecule has 0 bridgehead atoms. The van der Waals surface area contributed by atoms with E-state index >= 15 is 0 Å². The number of nitrogens with zero attached hydrogens (tertiary/aromatic N) is 2. The fourth-order valence-electron chi connectivity index (χ4n) is 0.907. The Morgan fingerprint density at radius 3 is 2.67 bits per heavy atom. The van der Waals surface area contributed by atoms with Crippen LogP contribution in [0.3, 0.4) is 0 Å². The first-order valence-electron chi connectivity index (χ1n) is 3.48. The summed E-state index contributed by atoms with van der Waals surface area (Å²) in [5.41, 5.74) is 7.05. The van der Waals surface area contributed by atoms with Crippen LogP contribution in [0.25, 0.3) is 11.3 Å². The number of nitrogen functional groups attached to an aromatic ring is 1. The van der Waals surface area contributed by atoms with Gasteiger partial charge in [-0.05, 0) is 18.2 Å². The molecule has 4 nitrogen and oxygen atoms in total. The Bertz CT molecular complexity index is 352. The van der Waals surface area contributed by atoms with E-state index in [9.17, 15) is 0 Å². The van der Waals surface area contributed by atoms with Crippen LogP contribution in [0.15, 0.2) is 35.1 Å². The van der Waals surface area contributed by atoms with Crippen LogP contribution in [0.4, 0.5) is 5.82 Å². The van der Waals surface area contributed by atoms with Crippen LogP contribution in [0.2, 0.25) is 0 Å². The summed E-state index contributed by atoms with van der Waals surface area (Å²) in [5, 5.41) is 7.61. The predicted octanol–water partition coefficient (Wildman–Crippen LogP) is 1.32. The van der Waals surface area contributed by atoms with E-state index in [-0.39, 0.29) is 0 Å². The van der Waals surface area contributed by atoms with Gasteiger partial charge in [0.2, 0.25) is 0 Å². The molecule has 4 heteroatoms. The summed E-state index contributed by atoms with van der Waals surface area (Å²) in [7, 11) is 0. The lowest BCUT2D eigenvalue weighted by molar-refractivity contribution is 0.568. The van der Waals surface area contributed by atoms with Gasteiger partial charge in [-0.15, -0.1) is 10.2 Å². The van der Waals surface area contributed by atoms with E-state index in [1.165, 1.54) is 0 Å². The molecule has 2 rings (SSSR count). The second-order valence-corrected chi connectivity index (χ2v) is 2.36. The summed E-state index contributed by atoms with van der Waals surface area (Å²) in [6, 6.07) is 5.32. The molecule has 2 aromatic heterocycles. The average molecular weight is 161 g/mol. The molecule has 0 aromatic carbocycles. The van der Waals surface area contributed by atoms with Crippen molar-refractivity contribution in [1.82, 2.24) is 10.2 Å². The first-order valence-corrected chi connectivity index (χ1v) is 3.48. The third kappa shape index (κ3) is 1.14. The number of nitrogens with two attached hydrogens (primary N) is 1. The second-order valence-electron chi connectivity index (χ2n) is 2.36. The maximum atomic E-state index is 5.38. The maximum absolute atomic E-state index is 5.38. The van der Waals surface area contributed by atoms with Crippen molar-refractivity contribution in [3.8, 4) is 11.3 Å². The standard InChI is InChI=1S/C8H7N3O/c9-8-2-1-7(10-11-8)6-3-4-12-5-6/h1-5H,(H2,9,11). The lowest BCUT2D eigenvalue weighted by Crippen LogP contribution is -1.92. The molecular weight excluding hydrogens is 154 g/mol. The van der Waals surface area contributed by atoms with E-state index < -0.39 is 0 Å². The highest BCUT2D eigenvalue weighted by Crippen LogP contribution is 2.15. The van der Waals surface area contributed by atoms with Crippen LogP contribution >= 0.6 is 0 Å². The highest BCUT2D eigenvalue weighted by Gasteiger charge is 1.99. The van der Waals surface area contributed by atoms with Gasteiger partial charge in [0.15, 0.2) is 0 Å². The zero-order chi connectivity index (χ0) is 8.39. The molecule has 0 aliphatic heterocycles. The second kappa shape index (κ2) is 2.65. The molecule has 12 heavy (non-hydrogen) atoms. The van der Waals surface area contributed by atoms with Gasteiger partial charge in [0.1, 0.15) is 5.82 Å². The van der Waals surface area contributed by atoms with E-state index in [1.807, 2.05) is 6.07 Å². The van der Waals surface area contributed by atoms with Gasteiger partial charge in [-0.2, -0.15) is 0 Å². The van der Waals surface area contributed by atoms with Crippen LogP contribution in [0.5, 0.6) is 0 Å². The number of furan rings is 1. The highest BCUT2D eigenvalue weighted by atomic mass is 16.3. The molecule has 0 amide bonds. The van der Waals surface area contributed by atoms with E-state index in [4.69, 9.17) is 10.2 Å². The van der Waals surface area contributed by atoms with Gasteiger partial charge < -0.3 is 10.2 Å². The maximum Gasteiger partial charge on any atom is 0.146 e. The third-order valence-corrected chi connectivity index (χ3v) is 1.50. The van der Waals surface area contributed by atoms with Crippen molar-refractivity contribution in [3.63, 3.8) is 0 Å². The van der Waals surface area contributed by atoms with Crippen molar-refractivity contribution >= 4 is 5.82 Å². The Hall–Kier alpha value is -1.84. The summed E-state index contributed by atoms with van der Waals surface area (Å²) >= 11 is 0. The summed E-state index contributed by atoms with van der Waals surface area (Å²) < 4.78 is 4.90. The van der Waals surface area contributed by atoms with E-state index in [0.717, 1.165) is 11.3 Å². The summed E-state index contributed by atoms with van der Waals surface area (Å²) in [6.07, 6.45) is 3.20. The molecule has 0 aliphatic rings. The minimum atomic E-state index is 0.419. The fourth-order valence-corrected chi connectivity index (χ4v) is 0.907. The molecule has 0 spiro atoms. The third-order valence-electron chi connectivity index (χ3n) is 1.50. The molecule has 0 saturated carbocycles. The zero-order valence-corrected chi connectivity index (χ0v) is 6.27. The topological polar surface area (TPSA) is 64.9 Å². The van der Waals surface area contributed by atoms with E-state index in [0.29, 0.717) is 5.82 Å². The zero-order valence-electron chi connectivity index (χ0n) is 6.27. The van der Waals surface area contributed by atoms with Gasteiger partial charge in [0.05, 0.1) is 18.2 Å². The largest absolute Gasteiger partial charge is 0.472 e. The van der Waals surface area contributed by atoms with Crippen LogP contribution in [-0.2, 0) is 0 Å². The molecule has 60 valence electrons. The number of rotatable bonds is 1. The fraction of sp³-hybridized carbons (Fsp3) is 0. The smallest absolute Gasteiger partial charge is 0.146 e. The lowest BCUT2D eigenvalue weighted by Gasteiger charge is -1.93. The monoisotopic (exact) mass is 161 g/mol. The molecule has 0 unspecified atom stereocenters. The SMILES string of the molecule is Nc1ccc(-c2ccoc2)nn1. The molecule has 2 heterocycles. The molecule has 2 N–H and O–H groups in total. The summed E-state index contributed by atoms with van der Waals surface area (Å²) in [4.78, 5) is 0. The molecule has 0 radical (unpaired) electrons. The lowest BCUT2D eigenvalue weighted by atomic mass is 10.2. The number of hydrogen-bond acceptors (Lipinski definition) is 4.